The van der Waals surface area contributed by atoms with Crippen LogP contribution < -0.4 is 0 Å². The molecule has 0 atom stereocenters. The van der Waals surface area contributed by atoms with Gasteiger partial charge in [0.1, 0.15) is 0 Å². The Labute approximate surface area is 117 Å². The van der Waals surface area contributed by atoms with Crippen LogP contribution in [0.3, 0.4) is 0 Å². The molecular weight excluding hydrogens is 254 g/mol. The number of methoxy groups -OCH3 is 1. The molecule has 1 N–H and O–H groups in total. The summed E-state index contributed by atoms with van der Waals surface area (Å²) in [4.78, 5) is 7.67. The molecule has 0 fully saturated rings. The average molecular weight is 271 g/mol. The number of hydrogen-bond donors (Lipinski definition) is 1. The van der Waals surface area contributed by atoms with Crippen molar-refractivity contribution >= 4 is 10.9 Å². The SMILES string of the molecule is COCCCc1noc(Cc2c[nH]c3ccccc23)n1. The highest BCUT2D eigenvalue weighted by Crippen LogP contribution is 2.20. The van der Waals surface area contributed by atoms with Crippen LogP contribution in [0.2, 0.25) is 0 Å². The molecule has 5 heteroatoms. The van der Waals surface area contributed by atoms with Gasteiger partial charge in [-0.1, -0.05) is 23.4 Å². The van der Waals surface area contributed by atoms with E-state index in [2.05, 4.69) is 27.3 Å². The van der Waals surface area contributed by atoms with Gasteiger partial charge in [-0.05, 0) is 18.1 Å². The number of benzene rings is 1. The van der Waals surface area contributed by atoms with E-state index in [0.717, 1.165) is 24.2 Å². The minimum absolute atomic E-state index is 0.654. The Morgan fingerprint density at radius 3 is 3.10 bits per heavy atom. The number of aromatic nitrogens is 3. The number of ether oxygens (including phenoxy) is 1. The molecular formula is C15H17N3O2. The molecule has 0 saturated carbocycles. The largest absolute Gasteiger partial charge is 0.385 e. The second kappa shape index (κ2) is 5.88. The molecule has 0 radical (unpaired) electrons. The number of nitrogens with one attached hydrogen (secondary N) is 1. The fourth-order valence-electron chi connectivity index (χ4n) is 2.28. The Balaban J connectivity index is 1.71. The topological polar surface area (TPSA) is 63.9 Å². The van der Waals surface area contributed by atoms with E-state index in [9.17, 15) is 0 Å². The molecule has 3 rings (SSSR count). The average Bonchev–Trinajstić information content (AvgIpc) is 3.08. The first-order valence-corrected chi connectivity index (χ1v) is 6.72. The summed E-state index contributed by atoms with van der Waals surface area (Å²) >= 11 is 0. The third-order valence-electron chi connectivity index (χ3n) is 3.28. The molecule has 3 aromatic rings. The number of nitrogens with zero attached hydrogens (tertiary/aromatic N) is 2. The van der Waals surface area contributed by atoms with Crippen LogP contribution in [-0.4, -0.2) is 28.8 Å². The lowest BCUT2D eigenvalue weighted by molar-refractivity contribution is 0.194. The lowest BCUT2D eigenvalue weighted by Crippen LogP contribution is -1.95. The second-order valence-corrected chi connectivity index (χ2v) is 4.74. The fraction of sp³-hybridized carbons (Fsp3) is 0.333. The minimum atomic E-state index is 0.654. The number of rotatable bonds is 6. The molecule has 5 nitrogen and oxygen atoms in total. The Morgan fingerprint density at radius 1 is 1.30 bits per heavy atom. The van der Waals surface area contributed by atoms with Crippen LogP contribution >= 0.6 is 0 Å². The van der Waals surface area contributed by atoms with Crippen molar-refractivity contribution in [3.8, 4) is 0 Å². The highest BCUT2D eigenvalue weighted by molar-refractivity contribution is 5.83. The summed E-state index contributed by atoms with van der Waals surface area (Å²) in [6, 6.07) is 8.20. The predicted molar refractivity (Wildman–Crippen MR) is 75.6 cm³/mol. The van der Waals surface area contributed by atoms with E-state index in [1.54, 1.807) is 7.11 Å². The Hall–Kier alpha value is -2.14. The second-order valence-electron chi connectivity index (χ2n) is 4.74. The first-order valence-electron chi connectivity index (χ1n) is 6.72. The molecule has 0 unspecified atom stereocenters. The molecule has 1 aromatic carbocycles. The molecule has 0 aliphatic carbocycles. The van der Waals surface area contributed by atoms with E-state index in [1.165, 1.54) is 10.9 Å². The smallest absolute Gasteiger partial charge is 0.231 e. The number of para-hydroxylation sites is 1. The van der Waals surface area contributed by atoms with E-state index >= 15 is 0 Å². The Kier molecular flexibility index (Phi) is 3.78. The Morgan fingerprint density at radius 2 is 2.20 bits per heavy atom. The zero-order valence-corrected chi connectivity index (χ0v) is 11.4. The summed E-state index contributed by atoms with van der Waals surface area (Å²) in [5, 5.41) is 5.20. The maximum atomic E-state index is 5.30. The van der Waals surface area contributed by atoms with Crippen LogP contribution in [-0.2, 0) is 17.6 Å². The van der Waals surface area contributed by atoms with Crippen molar-refractivity contribution in [3.05, 3.63) is 47.7 Å². The van der Waals surface area contributed by atoms with Crippen molar-refractivity contribution in [2.75, 3.05) is 13.7 Å². The fourth-order valence-corrected chi connectivity index (χ4v) is 2.28. The molecule has 2 aromatic heterocycles. The molecule has 0 saturated heterocycles. The van der Waals surface area contributed by atoms with Crippen LogP contribution in [0, 0.1) is 0 Å². The van der Waals surface area contributed by atoms with E-state index in [0.29, 0.717) is 18.9 Å². The van der Waals surface area contributed by atoms with Gasteiger partial charge in [0.25, 0.3) is 0 Å². The van der Waals surface area contributed by atoms with Crippen LogP contribution in [0.1, 0.15) is 23.7 Å². The molecule has 0 bridgehead atoms. The molecule has 0 spiro atoms. The van der Waals surface area contributed by atoms with Crippen molar-refractivity contribution in [3.63, 3.8) is 0 Å². The van der Waals surface area contributed by atoms with Gasteiger partial charge in [0.2, 0.25) is 5.89 Å². The van der Waals surface area contributed by atoms with Gasteiger partial charge in [-0.25, -0.2) is 0 Å². The van der Waals surface area contributed by atoms with Crippen LogP contribution in [0.15, 0.2) is 35.0 Å². The zero-order chi connectivity index (χ0) is 13.8. The molecule has 0 aliphatic rings. The van der Waals surface area contributed by atoms with Crippen LogP contribution in [0.25, 0.3) is 10.9 Å². The summed E-state index contributed by atoms with van der Waals surface area (Å²) in [7, 11) is 1.69. The van der Waals surface area contributed by atoms with Gasteiger partial charge in [0.15, 0.2) is 5.82 Å². The molecule has 0 aliphatic heterocycles. The Bertz CT molecular complexity index is 687. The minimum Gasteiger partial charge on any atom is -0.385 e. The van der Waals surface area contributed by atoms with Gasteiger partial charge < -0.3 is 14.2 Å². The van der Waals surface area contributed by atoms with Crippen molar-refractivity contribution < 1.29 is 9.26 Å². The number of fused-ring (bicyclic) bond motifs is 1. The van der Waals surface area contributed by atoms with E-state index in [-0.39, 0.29) is 0 Å². The summed E-state index contributed by atoms with van der Waals surface area (Å²) in [5.74, 6) is 1.40. The number of aromatic amines is 1. The maximum Gasteiger partial charge on any atom is 0.231 e. The quantitative estimate of drug-likeness (QED) is 0.700. The van der Waals surface area contributed by atoms with Gasteiger partial charge in [-0.2, -0.15) is 4.98 Å². The van der Waals surface area contributed by atoms with Crippen molar-refractivity contribution in [2.45, 2.75) is 19.3 Å². The van der Waals surface area contributed by atoms with Crippen LogP contribution in [0.4, 0.5) is 0 Å². The zero-order valence-electron chi connectivity index (χ0n) is 11.4. The standard InChI is InChI=1S/C15H17N3O2/c1-19-8-4-7-14-17-15(20-18-14)9-11-10-16-13-6-3-2-5-12(11)13/h2-3,5-6,10,16H,4,7-9H2,1H3. The first kappa shape index (κ1) is 12.9. The molecule has 20 heavy (non-hydrogen) atoms. The van der Waals surface area contributed by atoms with Crippen molar-refractivity contribution in [1.29, 1.82) is 0 Å². The van der Waals surface area contributed by atoms with Crippen molar-refractivity contribution in [1.82, 2.24) is 15.1 Å². The summed E-state index contributed by atoms with van der Waals surface area (Å²) < 4.78 is 10.3. The molecule has 2 heterocycles. The van der Waals surface area contributed by atoms with E-state index in [4.69, 9.17) is 9.26 Å². The van der Waals surface area contributed by atoms with Crippen LogP contribution in [0.5, 0.6) is 0 Å². The number of aryl methyl sites for hydroxylation is 1. The summed E-state index contributed by atoms with van der Waals surface area (Å²) in [6.45, 7) is 0.715. The van der Waals surface area contributed by atoms with Crippen molar-refractivity contribution in [2.24, 2.45) is 0 Å². The summed E-state index contributed by atoms with van der Waals surface area (Å²) in [6.07, 6.45) is 4.34. The lowest BCUT2D eigenvalue weighted by Gasteiger charge is -1.94. The number of H-pyrrole nitrogens is 1. The monoisotopic (exact) mass is 271 g/mol. The van der Waals surface area contributed by atoms with Gasteiger partial charge in [-0.3, -0.25) is 0 Å². The number of hydrogen-bond acceptors (Lipinski definition) is 4. The highest BCUT2D eigenvalue weighted by Gasteiger charge is 2.10. The highest BCUT2D eigenvalue weighted by atomic mass is 16.5. The third kappa shape index (κ3) is 2.72. The summed E-state index contributed by atoms with van der Waals surface area (Å²) in [5.41, 5.74) is 2.30. The van der Waals surface area contributed by atoms with E-state index in [1.807, 2.05) is 18.3 Å². The van der Waals surface area contributed by atoms with Gasteiger partial charge >= 0.3 is 0 Å². The normalized spacial score (nSPS) is 11.2. The lowest BCUT2D eigenvalue weighted by atomic mass is 10.1. The predicted octanol–water partition coefficient (Wildman–Crippen LogP) is 2.72. The van der Waals surface area contributed by atoms with Gasteiger partial charge in [0, 0.05) is 37.2 Å². The third-order valence-corrected chi connectivity index (χ3v) is 3.28. The van der Waals surface area contributed by atoms with Gasteiger partial charge in [-0.15, -0.1) is 0 Å². The van der Waals surface area contributed by atoms with Gasteiger partial charge in [0.05, 0.1) is 6.42 Å². The molecule has 0 amide bonds. The first-order chi connectivity index (χ1) is 9.86. The maximum absolute atomic E-state index is 5.30. The molecule has 104 valence electrons. The van der Waals surface area contributed by atoms with E-state index < -0.39 is 0 Å².